The average Bonchev–Trinajstić information content (AvgIpc) is 2.47. The molecule has 0 saturated heterocycles. The molecule has 4 nitrogen and oxygen atoms in total. The summed E-state index contributed by atoms with van der Waals surface area (Å²) < 4.78 is 44.7. The van der Waals surface area contributed by atoms with E-state index in [1.54, 1.807) is 24.3 Å². The lowest BCUT2D eigenvalue weighted by Crippen LogP contribution is -2.20. The maximum absolute atomic E-state index is 12.7. The topological polar surface area (TPSA) is 34.5 Å². The second-order valence-corrected chi connectivity index (χ2v) is 5.27. The van der Waals surface area contributed by atoms with Crippen molar-refractivity contribution in [1.82, 2.24) is 9.47 Å². The van der Waals surface area contributed by atoms with Crippen LogP contribution in [0, 0.1) is 0 Å². The smallest absolute Gasteiger partial charge is 0.417 e. The summed E-state index contributed by atoms with van der Waals surface area (Å²) in [5.74, 6) is 0.593. The number of hydrogen-bond acceptors (Lipinski definition) is 3. The molecule has 0 bridgehead atoms. The monoisotopic (exact) mass is 326 g/mol. The summed E-state index contributed by atoms with van der Waals surface area (Å²) in [5.41, 5.74) is -1.05. The Morgan fingerprint density at radius 3 is 2.30 bits per heavy atom. The maximum Gasteiger partial charge on any atom is 0.417 e. The summed E-state index contributed by atoms with van der Waals surface area (Å²) >= 11 is 0. The molecule has 7 heteroatoms. The van der Waals surface area contributed by atoms with Crippen molar-refractivity contribution in [2.75, 3.05) is 27.2 Å². The van der Waals surface area contributed by atoms with Crippen molar-refractivity contribution in [3.8, 4) is 11.4 Å². The number of rotatable bonds is 5. The van der Waals surface area contributed by atoms with Crippen LogP contribution in [0.1, 0.15) is 5.56 Å². The molecule has 2 rings (SSSR count). The van der Waals surface area contributed by atoms with Crippen molar-refractivity contribution in [3.05, 3.63) is 58.5 Å². The van der Waals surface area contributed by atoms with Crippen LogP contribution < -0.4 is 10.3 Å². The van der Waals surface area contributed by atoms with Crippen LogP contribution in [0.15, 0.2) is 47.4 Å². The van der Waals surface area contributed by atoms with Crippen molar-refractivity contribution in [2.45, 2.75) is 6.18 Å². The van der Waals surface area contributed by atoms with E-state index in [-0.39, 0.29) is 0 Å². The van der Waals surface area contributed by atoms with E-state index in [1.165, 1.54) is 0 Å². The van der Waals surface area contributed by atoms with Crippen molar-refractivity contribution in [1.29, 1.82) is 0 Å². The van der Waals surface area contributed by atoms with Gasteiger partial charge in [0, 0.05) is 24.5 Å². The van der Waals surface area contributed by atoms with E-state index in [9.17, 15) is 18.0 Å². The minimum Gasteiger partial charge on any atom is -0.492 e. The molecule has 0 aliphatic rings. The maximum atomic E-state index is 12.7. The van der Waals surface area contributed by atoms with Gasteiger partial charge >= 0.3 is 6.18 Å². The summed E-state index contributed by atoms with van der Waals surface area (Å²) in [6.45, 7) is 1.24. The molecule has 0 amide bonds. The lowest BCUT2D eigenvalue weighted by molar-refractivity contribution is -0.138. The fourth-order valence-corrected chi connectivity index (χ4v) is 1.91. The van der Waals surface area contributed by atoms with Gasteiger partial charge in [0.1, 0.15) is 12.4 Å². The van der Waals surface area contributed by atoms with Crippen molar-refractivity contribution >= 4 is 0 Å². The minimum absolute atomic E-state index is 0.348. The number of aromatic nitrogens is 1. The van der Waals surface area contributed by atoms with E-state index >= 15 is 0 Å². The normalized spacial score (nSPS) is 11.7. The molecule has 1 heterocycles. The van der Waals surface area contributed by atoms with Crippen LogP contribution in [0.2, 0.25) is 0 Å². The highest BCUT2D eigenvalue weighted by Crippen LogP contribution is 2.28. The zero-order valence-corrected chi connectivity index (χ0v) is 12.8. The Morgan fingerprint density at radius 2 is 1.74 bits per heavy atom. The molecule has 1 aromatic carbocycles. The molecule has 0 fully saturated rings. The Balaban J connectivity index is 2.21. The summed E-state index contributed by atoms with van der Waals surface area (Å²) in [6, 6.07) is 8.02. The van der Waals surface area contributed by atoms with Gasteiger partial charge in [-0.1, -0.05) is 0 Å². The van der Waals surface area contributed by atoms with Crippen LogP contribution in [-0.2, 0) is 6.18 Å². The lowest BCUT2D eigenvalue weighted by atomic mass is 10.2. The van der Waals surface area contributed by atoms with Crippen LogP contribution in [0.4, 0.5) is 13.2 Å². The Bertz CT molecular complexity index is 707. The average molecular weight is 326 g/mol. The molecule has 0 atom stereocenters. The van der Waals surface area contributed by atoms with Gasteiger partial charge in [0.15, 0.2) is 0 Å². The molecule has 124 valence electrons. The molecule has 0 radical (unpaired) electrons. The van der Waals surface area contributed by atoms with Crippen molar-refractivity contribution < 1.29 is 17.9 Å². The van der Waals surface area contributed by atoms with E-state index in [4.69, 9.17) is 4.74 Å². The number of likely N-dealkylation sites (N-methyl/N-ethyl adjacent to an activating group) is 1. The van der Waals surface area contributed by atoms with Gasteiger partial charge in [-0.3, -0.25) is 9.36 Å². The summed E-state index contributed by atoms with van der Waals surface area (Å²) in [4.78, 5) is 13.8. The fourth-order valence-electron chi connectivity index (χ4n) is 1.91. The zero-order valence-electron chi connectivity index (χ0n) is 12.8. The molecule has 23 heavy (non-hydrogen) atoms. The van der Waals surface area contributed by atoms with E-state index < -0.39 is 17.3 Å². The molecule has 0 aliphatic carbocycles. The van der Waals surface area contributed by atoms with E-state index in [2.05, 4.69) is 0 Å². The molecule has 0 unspecified atom stereocenters. The SMILES string of the molecule is CN(C)CCOc1ccc(-n2cc(C(F)(F)F)ccc2=O)cc1. The van der Waals surface area contributed by atoms with Gasteiger partial charge in [-0.2, -0.15) is 13.2 Å². The third-order valence-electron chi connectivity index (χ3n) is 3.16. The van der Waals surface area contributed by atoms with Gasteiger partial charge < -0.3 is 9.64 Å². The van der Waals surface area contributed by atoms with E-state index in [0.29, 0.717) is 18.0 Å². The Labute approximate surface area is 131 Å². The zero-order chi connectivity index (χ0) is 17.0. The third kappa shape index (κ3) is 4.59. The molecule has 0 N–H and O–H groups in total. The first-order chi connectivity index (χ1) is 10.8. The van der Waals surface area contributed by atoms with Crippen LogP contribution in [0.3, 0.4) is 0 Å². The largest absolute Gasteiger partial charge is 0.492 e. The predicted octanol–water partition coefficient (Wildman–Crippen LogP) is 2.80. The lowest BCUT2D eigenvalue weighted by Gasteiger charge is -2.13. The van der Waals surface area contributed by atoms with Crippen molar-refractivity contribution in [2.24, 2.45) is 0 Å². The van der Waals surface area contributed by atoms with Gasteiger partial charge in [0.05, 0.1) is 5.56 Å². The molecule has 2 aromatic rings. The van der Waals surface area contributed by atoms with Gasteiger partial charge in [-0.15, -0.1) is 0 Å². The van der Waals surface area contributed by atoms with Crippen LogP contribution in [0.5, 0.6) is 5.75 Å². The first kappa shape index (κ1) is 17.1. The molecular weight excluding hydrogens is 309 g/mol. The molecular formula is C16H17F3N2O2. The fraction of sp³-hybridized carbons (Fsp3) is 0.312. The number of pyridine rings is 1. The second kappa shape index (κ2) is 6.87. The van der Waals surface area contributed by atoms with Crippen LogP contribution in [-0.4, -0.2) is 36.7 Å². The highest BCUT2D eigenvalue weighted by molar-refractivity contribution is 5.38. The van der Waals surface area contributed by atoms with Gasteiger partial charge in [-0.25, -0.2) is 0 Å². The van der Waals surface area contributed by atoms with Gasteiger partial charge in [-0.05, 0) is 44.4 Å². The third-order valence-corrected chi connectivity index (χ3v) is 3.16. The predicted molar refractivity (Wildman–Crippen MR) is 81.1 cm³/mol. The number of hydrogen-bond donors (Lipinski definition) is 0. The second-order valence-electron chi connectivity index (χ2n) is 5.27. The first-order valence-electron chi connectivity index (χ1n) is 6.95. The number of nitrogens with zero attached hydrogens (tertiary/aromatic N) is 2. The number of ether oxygens (including phenoxy) is 1. The van der Waals surface area contributed by atoms with Crippen molar-refractivity contribution in [3.63, 3.8) is 0 Å². The Morgan fingerprint density at radius 1 is 1.09 bits per heavy atom. The molecule has 1 aromatic heterocycles. The summed E-state index contributed by atoms with van der Waals surface area (Å²) in [5, 5.41) is 0. The molecule has 0 aliphatic heterocycles. The summed E-state index contributed by atoms with van der Waals surface area (Å²) in [7, 11) is 3.85. The molecule has 0 saturated carbocycles. The van der Waals surface area contributed by atoms with Crippen LogP contribution >= 0.6 is 0 Å². The standard InChI is InChI=1S/C16H17F3N2O2/c1-20(2)9-10-23-14-6-4-13(5-7-14)21-11-12(16(17,18)19)3-8-15(21)22/h3-8,11H,9-10H2,1-2H3. The number of benzene rings is 1. The summed E-state index contributed by atoms with van der Waals surface area (Å²) in [6.07, 6.45) is -3.70. The quantitative estimate of drug-likeness (QED) is 0.847. The molecule has 0 spiro atoms. The van der Waals surface area contributed by atoms with Crippen LogP contribution in [0.25, 0.3) is 5.69 Å². The van der Waals surface area contributed by atoms with E-state index in [0.717, 1.165) is 29.4 Å². The number of alkyl halides is 3. The Kier molecular flexibility index (Phi) is 5.10. The van der Waals surface area contributed by atoms with Gasteiger partial charge in [0.2, 0.25) is 0 Å². The first-order valence-corrected chi connectivity index (χ1v) is 6.95. The van der Waals surface area contributed by atoms with E-state index in [1.807, 2.05) is 19.0 Å². The Hall–Kier alpha value is -2.28. The highest BCUT2D eigenvalue weighted by Gasteiger charge is 2.31. The highest BCUT2D eigenvalue weighted by atomic mass is 19.4. The number of halogens is 3. The van der Waals surface area contributed by atoms with Gasteiger partial charge in [0.25, 0.3) is 5.56 Å². The minimum atomic E-state index is -4.50.